The van der Waals surface area contributed by atoms with Crippen molar-refractivity contribution in [3.8, 4) is 0 Å². The SMILES string of the molecule is CO[Si](OC)(OCC(C)(C)C)c1cccc2ccccc12. The number of rotatable bonds is 5. The number of benzene rings is 2. The molecule has 21 heavy (non-hydrogen) atoms. The van der Waals surface area contributed by atoms with Crippen LogP contribution < -0.4 is 5.19 Å². The summed E-state index contributed by atoms with van der Waals surface area (Å²) in [6, 6.07) is 14.4. The van der Waals surface area contributed by atoms with Gasteiger partial charge in [0.1, 0.15) is 0 Å². The fourth-order valence-corrected chi connectivity index (χ4v) is 4.78. The summed E-state index contributed by atoms with van der Waals surface area (Å²) >= 11 is 0. The van der Waals surface area contributed by atoms with Crippen molar-refractivity contribution in [2.45, 2.75) is 20.8 Å². The van der Waals surface area contributed by atoms with Gasteiger partial charge in [0.15, 0.2) is 0 Å². The number of hydrogen-bond donors (Lipinski definition) is 0. The van der Waals surface area contributed by atoms with E-state index >= 15 is 0 Å². The van der Waals surface area contributed by atoms with E-state index in [4.69, 9.17) is 13.3 Å². The van der Waals surface area contributed by atoms with Gasteiger partial charge in [0.2, 0.25) is 0 Å². The fourth-order valence-electron chi connectivity index (χ4n) is 2.30. The Morgan fingerprint density at radius 1 is 0.905 bits per heavy atom. The van der Waals surface area contributed by atoms with Gasteiger partial charge in [-0.25, -0.2) is 0 Å². The first-order valence-electron chi connectivity index (χ1n) is 7.14. The number of hydrogen-bond acceptors (Lipinski definition) is 3. The van der Waals surface area contributed by atoms with Crippen LogP contribution in [0.2, 0.25) is 0 Å². The highest BCUT2D eigenvalue weighted by molar-refractivity contribution is 6.77. The topological polar surface area (TPSA) is 27.7 Å². The van der Waals surface area contributed by atoms with Gasteiger partial charge in [-0.1, -0.05) is 63.2 Å². The molecule has 0 radical (unpaired) electrons. The van der Waals surface area contributed by atoms with Gasteiger partial charge in [0.05, 0.1) is 0 Å². The lowest BCUT2D eigenvalue weighted by molar-refractivity contribution is 0.0784. The van der Waals surface area contributed by atoms with Crippen LogP contribution in [0.4, 0.5) is 0 Å². The molecule has 0 atom stereocenters. The summed E-state index contributed by atoms with van der Waals surface area (Å²) in [4.78, 5) is 0. The van der Waals surface area contributed by atoms with Crippen LogP contribution in [0.5, 0.6) is 0 Å². The Hall–Kier alpha value is -1.20. The lowest BCUT2D eigenvalue weighted by atomic mass is 9.99. The third kappa shape index (κ3) is 3.52. The maximum atomic E-state index is 6.18. The van der Waals surface area contributed by atoms with Crippen LogP contribution in [-0.2, 0) is 13.3 Å². The Morgan fingerprint density at radius 2 is 1.52 bits per heavy atom. The lowest BCUT2D eigenvalue weighted by Crippen LogP contribution is -2.56. The predicted molar refractivity (Wildman–Crippen MR) is 88.8 cm³/mol. The molecule has 114 valence electrons. The van der Waals surface area contributed by atoms with Gasteiger partial charge in [0.25, 0.3) is 0 Å². The van der Waals surface area contributed by atoms with Gasteiger partial charge in [0, 0.05) is 26.0 Å². The van der Waals surface area contributed by atoms with Crippen molar-refractivity contribution >= 4 is 24.8 Å². The molecular formula is C17H24O3Si. The Kier molecular flexibility index (Phi) is 4.83. The van der Waals surface area contributed by atoms with Crippen LogP contribution in [0.3, 0.4) is 0 Å². The predicted octanol–water partition coefficient (Wildman–Crippen LogP) is 3.34. The average molecular weight is 304 g/mol. The molecule has 0 aliphatic carbocycles. The van der Waals surface area contributed by atoms with Crippen molar-refractivity contribution in [3.63, 3.8) is 0 Å². The van der Waals surface area contributed by atoms with Gasteiger partial charge in [-0.3, -0.25) is 0 Å². The minimum Gasteiger partial charge on any atom is -0.373 e. The second kappa shape index (κ2) is 6.28. The van der Waals surface area contributed by atoms with E-state index in [9.17, 15) is 0 Å². The standard InChI is InChI=1S/C17H24O3Si/c1-17(2,3)13-20-21(18-4,19-5)16-12-8-10-14-9-6-7-11-15(14)16/h6-12H,13H2,1-5H3. The van der Waals surface area contributed by atoms with Gasteiger partial charge in [-0.15, -0.1) is 0 Å². The summed E-state index contributed by atoms with van der Waals surface area (Å²) in [5.41, 5.74) is 0.0555. The minimum absolute atomic E-state index is 0.0555. The summed E-state index contributed by atoms with van der Waals surface area (Å²) in [5.74, 6) is 0. The maximum absolute atomic E-state index is 6.18. The highest BCUT2D eigenvalue weighted by Crippen LogP contribution is 2.21. The smallest absolute Gasteiger partial charge is 0.373 e. The van der Waals surface area contributed by atoms with Crippen LogP contribution in [0.15, 0.2) is 42.5 Å². The minimum atomic E-state index is -2.89. The van der Waals surface area contributed by atoms with E-state index in [1.165, 1.54) is 5.39 Å². The molecule has 2 rings (SSSR count). The zero-order valence-electron chi connectivity index (χ0n) is 13.5. The third-order valence-electron chi connectivity index (χ3n) is 3.35. The van der Waals surface area contributed by atoms with E-state index in [-0.39, 0.29) is 5.41 Å². The second-order valence-electron chi connectivity index (χ2n) is 6.34. The van der Waals surface area contributed by atoms with Crippen LogP contribution >= 0.6 is 0 Å². The molecule has 0 aromatic heterocycles. The highest BCUT2D eigenvalue weighted by Gasteiger charge is 2.44. The zero-order chi connectivity index (χ0) is 15.5. The fraction of sp³-hybridized carbons (Fsp3) is 0.412. The molecule has 0 N–H and O–H groups in total. The Bertz CT molecular complexity index is 595. The molecule has 2 aromatic carbocycles. The molecule has 3 nitrogen and oxygen atoms in total. The van der Waals surface area contributed by atoms with E-state index in [0.29, 0.717) is 6.61 Å². The third-order valence-corrected chi connectivity index (χ3v) is 6.05. The summed E-state index contributed by atoms with van der Waals surface area (Å²) < 4.78 is 17.7. The molecule has 0 aliphatic rings. The van der Waals surface area contributed by atoms with Crippen molar-refractivity contribution in [2.24, 2.45) is 5.41 Å². The summed E-state index contributed by atoms with van der Waals surface area (Å²) in [5, 5.41) is 3.32. The van der Waals surface area contributed by atoms with E-state index < -0.39 is 8.80 Å². The molecule has 0 heterocycles. The molecule has 0 amide bonds. The van der Waals surface area contributed by atoms with Crippen molar-refractivity contribution in [1.82, 2.24) is 0 Å². The monoisotopic (exact) mass is 304 g/mol. The van der Waals surface area contributed by atoms with Crippen LogP contribution in [0.1, 0.15) is 20.8 Å². The van der Waals surface area contributed by atoms with E-state index in [1.54, 1.807) is 14.2 Å². The van der Waals surface area contributed by atoms with Gasteiger partial charge < -0.3 is 13.3 Å². The first-order chi connectivity index (χ1) is 9.92. The first-order valence-corrected chi connectivity index (χ1v) is 8.87. The van der Waals surface area contributed by atoms with Gasteiger partial charge in [-0.2, -0.15) is 0 Å². The molecule has 0 aliphatic heterocycles. The Morgan fingerprint density at radius 3 is 2.14 bits per heavy atom. The van der Waals surface area contributed by atoms with E-state index in [2.05, 4.69) is 39.0 Å². The first kappa shape index (κ1) is 16.2. The van der Waals surface area contributed by atoms with E-state index in [1.807, 2.05) is 24.3 Å². The summed E-state index contributed by atoms with van der Waals surface area (Å²) in [6.45, 7) is 7.01. The normalized spacial score (nSPS) is 12.8. The molecule has 0 spiro atoms. The van der Waals surface area contributed by atoms with Crippen molar-refractivity contribution in [1.29, 1.82) is 0 Å². The maximum Gasteiger partial charge on any atom is 0.537 e. The average Bonchev–Trinajstić information content (AvgIpc) is 2.48. The van der Waals surface area contributed by atoms with Crippen LogP contribution in [0.25, 0.3) is 10.8 Å². The summed E-state index contributed by atoms with van der Waals surface area (Å²) in [7, 11) is 0.440. The van der Waals surface area contributed by atoms with Crippen molar-refractivity contribution in [3.05, 3.63) is 42.5 Å². The highest BCUT2D eigenvalue weighted by atomic mass is 28.4. The van der Waals surface area contributed by atoms with Gasteiger partial charge in [-0.05, 0) is 16.2 Å². The van der Waals surface area contributed by atoms with Crippen LogP contribution in [0, 0.1) is 5.41 Å². The molecule has 0 saturated carbocycles. The molecule has 4 heteroatoms. The molecular weight excluding hydrogens is 280 g/mol. The van der Waals surface area contributed by atoms with Crippen molar-refractivity contribution < 1.29 is 13.3 Å². The van der Waals surface area contributed by atoms with E-state index in [0.717, 1.165) is 10.6 Å². The molecule has 0 fully saturated rings. The molecule has 2 aromatic rings. The second-order valence-corrected chi connectivity index (χ2v) is 9.10. The molecule has 0 saturated heterocycles. The Balaban J connectivity index is 2.49. The van der Waals surface area contributed by atoms with Gasteiger partial charge >= 0.3 is 8.80 Å². The molecule has 0 bridgehead atoms. The summed E-state index contributed by atoms with van der Waals surface area (Å²) in [6.07, 6.45) is 0. The Labute approximate surface area is 128 Å². The zero-order valence-corrected chi connectivity index (χ0v) is 14.5. The van der Waals surface area contributed by atoms with Crippen LogP contribution in [-0.4, -0.2) is 29.6 Å². The lowest BCUT2D eigenvalue weighted by Gasteiger charge is -2.31. The largest absolute Gasteiger partial charge is 0.537 e. The molecule has 0 unspecified atom stereocenters. The number of fused-ring (bicyclic) bond motifs is 1. The quantitative estimate of drug-likeness (QED) is 0.793. The van der Waals surface area contributed by atoms with Crippen molar-refractivity contribution in [2.75, 3.05) is 20.8 Å².